The number of aliphatic hydroxyl groups is 1. The lowest BCUT2D eigenvalue weighted by Gasteiger charge is -2.40. The van der Waals surface area contributed by atoms with Crippen molar-refractivity contribution in [1.82, 2.24) is 4.90 Å². The minimum absolute atomic E-state index is 0.0245. The molecule has 6 heteroatoms. The Labute approximate surface area is 173 Å². The molecule has 0 amide bonds. The Hall–Kier alpha value is -2.44. The number of hydrogen-bond donors (Lipinski definition) is 1. The molecule has 2 aromatic carbocycles. The minimum Gasteiger partial charge on any atom is -0.491 e. The van der Waals surface area contributed by atoms with Crippen molar-refractivity contribution in [2.75, 3.05) is 44.3 Å². The van der Waals surface area contributed by atoms with Gasteiger partial charge in [0.1, 0.15) is 18.4 Å². The van der Waals surface area contributed by atoms with Gasteiger partial charge in [0.15, 0.2) is 0 Å². The van der Waals surface area contributed by atoms with Gasteiger partial charge in [-0.2, -0.15) is 4.91 Å². The van der Waals surface area contributed by atoms with Gasteiger partial charge in [0, 0.05) is 37.9 Å². The second-order valence-electron chi connectivity index (χ2n) is 7.67. The van der Waals surface area contributed by atoms with Gasteiger partial charge in [0.2, 0.25) is 0 Å². The third kappa shape index (κ3) is 5.14. The molecular formula is C23H31N3O3. The van der Waals surface area contributed by atoms with Crippen LogP contribution in [-0.4, -0.2) is 49.4 Å². The van der Waals surface area contributed by atoms with Crippen LogP contribution in [0.15, 0.2) is 47.6 Å². The molecule has 6 nitrogen and oxygen atoms in total. The first-order valence-electron chi connectivity index (χ1n) is 10.3. The topological polar surface area (TPSA) is 65.4 Å². The Morgan fingerprint density at radius 3 is 2.28 bits per heavy atom. The zero-order chi connectivity index (χ0) is 20.8. The third-order valence-corrected chi connectivity index (χ3v) is 5.79. The second kappa shape index (κ2) is 9.85. The molecule has 29 heavy (non-hydrogen) atoms. The lowest BCUT2D eigenvalue weighted by molar-refractivity contribution is 0.198. The molecule has 0 aromatic heterocycles. The average Bonchev–Trinajstić information content (AvgIpc) is 2.77. The molecule has 1 N–H and O–H groups in total. The summed E-state index contributed by atoms with van der Waals surface area (Å²) in [4.78, 5) is 15.7. The molecule has 1 fully saturated rings. The standard InChI is InChI=1S/C23H31N3O3/c1-17-16-22(29-15-14-27)8-9-23(17)26-12-10-25(11-13-26)19(3)21-6-4-20(5-7-21)18(2)24-28/h4-9,16,18-19,27H,10-15H2,1-3H3. The van der Waals surface area contributed by atoms with Crippen molar-refractivity contribution < 1.29 is 9.84 Å². The zero-order valence-electron chi connectivity index (χ0n) is 17.5. The Morgan fingerprint density at radius 1 is 1.03 bits per heavy atom. The third-order valence-electron chi connectivity index (χ3n) is 5.79. The van der Waals surface area contributed by atoms with E-state index in [0.29, 0.717) is 12.6 Å². The monoisotopic (exact) mass is 397 g/mol. The summed E-state index contributed by atoms with van der Waals surface area (Å²) in [7, 11) is 0. The summed E-state index contributed by atoms with van der Waals surface area (Å²) in [6.45, 7) is 10.5. The Balaban J connectivity index is 1.59. The number of anilines is 1. The van der Waals surface area contributed by atoms with Crippen molar-refractivity contribution in [3.8, 4) is 5.75 Å². The van der Waals surface area contributed by atoms with Crippen LogP contribution in [0.5, 0.6) is 5.75 Å². The van der Waals surface area contributed by atoms with Gasteiger partial charge in [-0.05, 0) is 55.7 Å². The van der Waals surface area contributed by atoms with Crippen molar-refractivity contribution in [3.63, 3.8) is 0 Å². The molecule has 1 saturated heterocycles. The lowest BCUT2D eigenvalue weighted by atomic mass is 10.0. The van der Waals surface area contributed by atoms with E-state index in [-0.39, 0.29) is 12.6 Å². The van der Waals surface area contributed by atoms with Crippen LogP contribution in [0.2, 0.25) is 0 Å². The van der Waals surface area contributed by atoms with Crippen LogP contribution < -0.4 is 9.64 Å². The minimum atomic E-state index is -0.299. The Morgan fingerprint density at radius 2 is 1.69 bits per heavy atom. The smallest absolute Gasteiger partial charge is 0.119 e. The highest BCUT2D eigenvalue weighted by atomic mass is 16.5. The van der Waals surface area contributed by atoms with E-state index in [0.717, 1.165) is 37.5 Å². The fourth-order valence-electron chi connectivity index (χ4n) is 3.91. The van der Waals surface area contributed by atoms with Gasteiger partial charge in [-0.25, -0.2) is 0 Å². The summed E-state index contributed by atoms with van der Waals surface area (Å²) < 4.78 is 5.51. The maximum Gasteiger partial charge on any atom is 0.119 e. The number of nitroso groups, excluding NO2 is 1. The highest BCUT2D eigenvalue weighted by molar-refractivity contribution is 5.56. The number of hydrogen-bond acceptors (Lipinski definition) is 6. The van der Waals surface area contributed by atoms with Gasteiger partial charge >= 0.3 is 0 Å². The van der Waals surface area contributed by atoms with Crippen LogP contribution in [0, 0.1) is 11.8 Å². The molecule has 0 aliphatic carbocycles. The summed E-state index contributed by atoms with van der Waals surface area (Å²) in [5.74, 6) is 0.801. The predicted molar refractivity (Wildman–Crippen MR) is 117 cm³/mol. The van der Waals surface area contributed by atoms with E-state index in [9.17, 15) is 4.91 Å². The largest absolute Gasteiger partial charge is 0.491 e. The zero-order valence-corrected chi connectivity index (χ0v) is 17.5. The van der Waals surface area contributed by atoms with Gasteiger partial charge < -0.3 is 14.7 Å². The number of piperazine rings is 1. The molecule has 0 radical (unpaired) electrons. The first-order valence-corrected chi connectivity index (χ1v) is 10.3. The van der Waals surface area contributed by atoms with Crippen LogP contribution in [0.4, 0.5) is 5.69 Å². The van der Waals surface area contributed by atoms with Gasteiger partial charge in [-0.3, -0.25) is 4.90 Å². The Bertz CT molecular complexity index is 802. The summed E-state index contributed by atoms with van der Waals surface area (Å²) in [6, 6.07) is 14.4. The number of aliphatic hydroxyl groups excluding tert-OH is 1. The van der Waals surface area contributed by atoms with E-state index in [1.54, 1.807) is 0 Å². The highest BCUT2D eigenvalue weighted by Gasteiger charge is 2.23. The van der Waals surface area contributed by atoms with Crippen molar-refractivity contribution >= 4 is 5.69 Å². The molecule has 1 aliphatic heterocycles. The molecule has 2 unspecified atom stereocenters. The first kappa shape index (κ1) is 21.3. The van der Waals surface area contributed by atoms with Crippen LogP contribution >= 0.6 is 0 Å². The molecule has 2 aromatic rings. The molecule has 3 rings (SSSR count). The molecule has 1 heterocycles. The van der Waals surface area contributed by atoms with Crippen molar-refractivity contribution in [2.45, 2.75) is 32.9 Å². The van der Waals surface area contributed by atoms with Gasteiger partial charge in [0.25, 0.3) is 0 Å². The SMILES string of the molecule is Cc1cc(OCCO)ccc1N1CCN(C(C)c2ccc(C(C)N=O)cc2)CC1. The van der Waals surface area contributed by atoms with Crippen LogP contribution in [0.3, 0.4) is 0 Å². The quantitative estimate of drug-likeness (QED) is 0.680. The molecule has 2 atom stereocenters. The van der Waals surface area contributed by atoms with E-state index in [1.807, 2.05) is 31.2 Å². The summed E-state index contributed by atoms with van der Waals surface area (Å²) >= 11 is 0. The lowest BCUT2D eigenvalue weighted by Crippen LogP contribution is -2.47. The Kier molecular flexibility index (Phi) is 7.23. The molecule has 0 saturated carbocycles. The molecule has 0 spiro atoms. The fraction of sp³-hybridized carbons (Fsp3) is 0.478. The summed E-state index contributed by atoms with van der Waals surface area (Å²) in [6.07, 6.45) is 0. The normalized spacial score (nSPS) is 17.0. The van der Waals surface area contributed by atoms with E-state index in [4.69, 9.17) is 9.84 Å². The number of aryl methyl sites for hydroxylation is 1. The first-order chi connectivity index (χ1) is 14.0. The predicted octanol–water partition coefficient (Wildman–Crippen LogP) is 4.08. The van der Waals surface area contributed by atoms with E-state index >= 15 is 0 Å². The number of rotatable bonds is 8. The molecule has 0 bridgehead atoms. The number of benzene rings is 2. The van der Waals surface area contributed by atoms with Gasteiger partial charge in [-0.1, -0.05) is 29.4 Å². The van der Waals surface area contributed by atoms with Crippen molar-refractivity contribution in [1.29, 1.82) is 0 Å². The maximum absolute atomic E-state index is 10.7. The second-order valence-corrected chi connectivity index (χ2v) is 7.67. The summed E-state index contributed by atoms with van der Waals surface area (Å²) in [5, 5.41) is 12.0. The number of nitrogens with zero attached hydrogens (tertiary/aromatic N) is 3. The van der Waals surface area contributed by atoms with Crippen LogP contribution in [0.1, 0.15) is 42.6 Å². The van der Waals surface area contributed by atoms with Gasteiger partial charge in [-0.15, -0.1) is 0 Å². The maximum atomic E-state index is 10.7. The van der Waals surface area contributed by atoms with Crippen molar-refractivity contribution in [2.24, 2.45) is 5.18 Å². The molecule has 1 aliphatic rings. The highest BCUT2D eigenvalue weighted by Crippen LogP contribution is 2.28. The van der Waals surface area contributed by atoms with Crippen LogP contribution in [0.25, 0.3) is 0 Å². The van der Waals surface area contributed by atoms with Crippen LogP contribution in [-0.2, 0) is 0 Å². The molecular weight excluding hydrogens is 366 g/mol. The van der Waals surface area contributed by atoms with Crippen molar-refractivity contribution in [3.05, 3.63) is 64.1 Å². The molecule has 156 valence electrons. The van der Waals surface area contributed by atoms with Gasteiger partial charge in [0.05, 0.1) is 6.61 Å². The number of ether oxygens (including phenoxy) is 1. The van der Waals surface area contributed by atoms with E-state index in [1.165, 1.54) is 16.8 Å². The van der Waals surface area contributed by atoms with E-state index < -0.39 is 0 Å². The van der Waals surface area contributed by atoms with E-state index in [2.05, 4.69) is 47.0 Å². The average molecular weight is 398 g/mol. The fourth-order valence-corrected chi connectivity index (χ4v) is 3.91. The summed E-state index contributed by atoms with van der Waals surface area (Å²) in [5.41, 5.74) is 4.66.